The summed E-state index contributed by atoms with van der Waals surface area (Å²) < 4.78 is 12.6. The molecule has 344 valence electrons. The fourth-order valence-corrected chi connectivity index (χ4v) is 12.9. The summed E-state index contributed by atoms with van der Waals surface area (Å²) in [5.74, 6) is 0. The van der Waals surface area contributed by atoms with Crippen LogP contribution in [0.4, 0.5) is 34.1 Å². The summed E-state index contributed by atoms with van der Waals surface area (Å²) in [6.07, 6.45) is 0. The quantitative estimate of drug-likeness (QED) is 0.164. The zero-order valence-corrected chi connectivity index (χ0v) is 43.0. The fraction of sp³-hybridized carbons (Fsp3) is 0.219. The van der Waals surface area contributed by atoms with Gasteiger partial charge in [0.25, 0.3) is 6.71 Å². The Morgan fingerprint density at radius 3 is 1.83 bits per heavy atom. The van der Waals surface area contributed by atoms with Crippen molar-refractivity contribution in [1.29, 1.82) is 0 Å². The molecular formula is C64H58BN3OS. The Bertz CT molecular complexity index is 3970. The lowest BCUT2D eigenvalue weighted by molar-refractivity contribution is 0.587. The standard InChI is InChI=1S/C64H58BN3OS/c1-37-19-12-15-23-49(37)66(50-24-16-13-20-38(50)2)42-28-30-47-52(36-42)67(51-25-18-22-44-43-29-27-39(62(3,4)5)35-55(43)69-60(44)51)53-33-41(64(9,10)11)34-54-57(53)65(47)48-32-40(63(6,7)8)31-46-58(48)68(54)59-45-21-14-17-26-56(45)70-61(46)59/h12-36H,1-11H3. The van der Waals surface area contributed by atoms with Crippen LogP contribution in [-0.4, -0.2) is 11.3 Å². The average Bonchev–Trinajstić information content (AvgIpc) is 4.00. The fourth-order valence-electron chi connectivity index (χ4n) is 11.7. The lowest BCUT2D eigenvalue weighted by Crippen LogP contribution is -2.60. The van der Waals surface area contributed by atoms with Crippen LogP contribution in [0, 0.1) is 13.8 Å². The lowest BCUT2D eigenvalue weighted by Gasteiger charge is -2.42. The smallest absolute Gasteiger partial charge is 0.252 e. The number of nitrogens with zero attached hydrogens (tertiary/aromatic N) is 3. The second-order valence-corrected chi connectivity index (χ2v) is 24.2. The first-order valence-corrected chi connectivity index (χ1v) is 25.8. The number of para-hydroxylation sites is 3. The van der Waals surface area contributed by atoms with Gasteiger partial charge in [-0.15, -0.1) is 11.3 Å². The van der Waals surface area contributed by atoms with Crippen LogP contribution >= 0.6 is 11.3 Å². The van der Waals surface area contributed by atoms with Crippen LogP contribution in [-0.2, 0) is 16.2 Å². The maximum Gasteiger partial charge on any atom is 0.252 e. The molecule has 6 heteroatoms. The van der Waals surface area contributed by atoms with E-state index in [-0.39, 0.29) is 23.0 Å². The summed E-state index contributed by atoms with van der Waals surface area (Å²) in [4.78, 5) is 5.05. The molecule has 11 aromatic rings. The number of aromatic nitrogens is 1. The van der Waals surface area contributed by atoms with E-state index >= 15 is 0 Å². The second-order valence-electron chi connectivity index (χ2n) is 23.1. The van der Waals surface area contributed by atoms with Crippen molar-refractivity contribution in [3.63, 3.8) is 0 Å². The van der Waals surface area contributed by atoms with Crippen LogP contribution in [0.3, 0.4) is 0 Å². The van der Waals surface area contributed by atoms with Crippen LogP contribution in [0.5, 0.6) is 0 Å². The molecule has 0 amide bonds. The minimum atomic E-state index is -0.158. The minimum Gasteiger partial charge on any atom is -0.454 e. The van der Waals surface area contributed by atoms with Gasteiger partial charge in [-0.1, -0.05) is 153 Å². The van der Waals surface area contributed by atoms with Crippen LogP contribution in [0.25, 0.3) is 58.8 Å². The molecule has 0 saturated heterocycles. The molecule has 0 N–H and O–H groups in total. The molecule has 13 rings (SSSR count). The average molecular weight is 928 g/mol. The zero-order valence-electron chi connectivity index (χ0n) is 42.2. The van der Waals surface area contributed by atoms with E-state index in [9.17, 15) is 0 Å². The Balaban J connectivity index is 1.20. The van der Waals surface area contributed by atoms with Crippen LogP contribution in [0.1, 0.15) is 90.1 Å². The highest BCUT2D eigenvalue weighted by Gasteiger charge is 2.45. The van der Waals surface area contributed by atoms with Crippen molar-refractivity contribution >= 4 is 122 Å². The Hall–Kier alpha value is -7.02. The van der Waals surface area contributed by atoms with Gasteiger partial charge in [-0.25, -0.2) is 0 Å². The molecule has 0 spiro atoms. The third-order valence-corrected chi connectivity index (χ3v) is 16.7. The third-order valence-electron chi connectivity index (χ3n) is 15.5. The van der Waals surface area contributed by atoms with Crippen LogP contribution in [0.15, 0.2) is 156 Å². The van der Waals surface area contributed by atoms with E-state index in [0.29, 0.717) is 0 Å². The number of fused-ring (bicyclic) bond motifs is 12. The van der Waals surface area contributed by atoms with Gasteiger partial charge in [-0.05, 0) is 135 Å². The van der Waals surface area contributed by atoms with Crippen LogP contribution < -0.4 is 26.2 Å². The zero-order chi connectivity index (χ0) is 48.3. The van der Waals surface area contributed by atoms with Crippen LogP contribution in [0.2, 0.25) is 0 Å². The molecule has 5 heterocycles. The topological polar surface area (TPSA) is 24.6 Å². The molecule has 3 aromatic heterocycles. The van der Waals surface area contributed by atoms with Gasteiger partial charge in [-0.3, -0.25) is 0 Å². The van der Waals surface area contributed by atoms with Crippen molar-refractivity contribution < 1.29 is 4.42 Å². The highest BCUT2D eigenvalue weighted by molar-refractivity contribution is 7.26. The first-order valence-electron chi connectivity index (χ1n) is 25.0. The highest BCUT2D eigenvalue weighted by Crippen LogP contribution is 2.51. The molecule has 0 radical (unpaired) electrons. The molecule has 0 aliphatic carbocycles. The minimum absolute atomic E-state index is 0.0218. The normalized spacial score (nSPS) is 13.6. The van der Waals surface area contributed by atoms with Gasteiger partial charge in [0, 0.05) is 60.4 Å². The molecule has 8 aromatic carbocycles. The van der Waals surface area contributed by atoms with Gasteiger partial charge >= 0.3 is 0 Å². The SMILES string of the molecule is Cc1ccccc1N(c1ccc2c(c1)N(c1cccc3c1oc1cc(C(C)(C)C)ccc13)c1cc(C(C)(C)C)cc3c1B2c1cc(C(C)(C)C)cc2c4sc5ccccc5c4n-3c12)c1ccccc1C. The molecule has 70 heavy (non-hydrogen) atoms. The molecule has 2 aliphatic heterocycles. The van der Waals surface area contributed by atoms with Gasteiger partial charge in [0.05, 0.1) is 21.4 Å². The molecule has 0 fully saturated rings. The predicted octanol–water partition coefficient (Wildman–Crippen LogP) is 16.5. The van der Waals surface area contributed by atoms with Gasteiger partial charge < -0.3 is 18.8 Å². The largest absolute Gasteiger partial charge is 0.454 e. The first-order chi connectivity index (χ1) is 33.5. The van der Waals surface area contributed by atoms with E-state index in [0.717, 1.165) is 50.4 Å². The summed E-state index contributed by atoms with van der Waals surface area (Å²) in [6.45, 7) is 25.4. The number of thiophene rings is 1. The van der Waals surface area contributed by atoms with Gasteiger partial charge in [0.15, 0.2) is 5.58 Å². The van der Waals surface area contributed by atoms with E-state index in [2.05, 4.69) is 242 Å². The molecule has 0 atom stereocenters. The number of rotatable bonds is 4. The van der Waals surface area contributed by atoms with Crippen molar-refractivity contribution in [2.45, 2.75) is 92.4 Å². The van der Waals surface area contributed by atoms with Crippen molar-refractivity contribution in [1.82, 2.24) is 4.57 Å². The Morgan fingerprint density at radius 2 is 1.13 bits per heavy atom. The van der Waals surface area contributed by atoms with E-state index in [4.69, 9.17) is 4.42 Å². The van der Waals surface area contributed by atoms with Crippen molar-refractivity contribution in [2.24, 2.45) is 0 Å². The summed E-state index contributed by atoms with van der Waals surface area (Å²) in [7, 11) is 0. The number of hydrogen-bond donors (Lipinski definition) is 0. The maximum atomic E-state index is 7.23. The third kappa shape index (κ3) is 6.21. The number of anilines is 6. The Labute approximate surface area is 415 Å². The Morgan fingerprint density at radius 1 is 0.486 bits per heavy atom. The summed E-state index contributed by atoms with van der Waals surface area (Å²) >= 11 is 1.94. The summed E-state index contributed by atoms with van der Waals surface area (Å²) in [5, 5.41) is 4.91. The predicted molar refractivity (Wildman–Crippen MR) is 303 cm³/mol. The van der Waals surface area contributed by atoms with E-state index in [1.54, 1.807) is 0 Å². The van der Waals surface area contributed by atoms with Gasteiger partial charge in [0.1, 0.15) is 5.58 Å². The molecular weight excluding hydrogens is 870 g/mol. The summed E-state index contributed by atoms with van der Waals surface area (Å²) in [6, 6.07) is 57.6. The Kier molecular flexibility index (Phi) is 9.07. The molecule has 0 bridgehead atoms. The van der Waals surface area contributed by atoms with E-state index in [1.807, 2.05) is 11.3 Å². The molecule has 2 aliphatic rings. The summed E-state index contributed by atoms with van der Waals surface area (Å²) in [5.41, 5.74) is 22.6. The molecule has 4 nitrogen and oxygen atoms in total. The monoisotopic (exact) mass is 927 g/mol. The number of benzene rings is 8. The number of furan rings is 1. The maximum absolute atomic E-state index is 7.23. The lowest BCUT2D eigenvalue weighted by atomic mass is 9.33. The number of hydrogen-bond acceptors (Lipinski definition) is 4. The van der Waals surface area contributed by atoms with E-state index in [1.165, 1.54) is 86.8 Å². The van der Waals surface area contributed by atoms with Crippen molar-refractivity contribution in [2.75, 3.05) is 9.80 Å². The van der Waals surface area contributed by atoms with Crippen molar-refractivity contribution in [3.05, 3.63) is 179 Å². The molecule has 0 unspecified atom stereocenters. The molecule has 0 saturated carbocycles. The number of aryl methyl sites for hydroxylation is 2. The van der Waals surface area contributed by atoms with Gasteiger partial charge in [-0.2, -0.15) is 0 Å². The van der Waals surface area contributed by atoms with E-state index < -0.39 is 0 Å². The second kappa shape index (κ2) is 14.8. The van der Waals surface area contributed by atoms with Crippen molar-refractivity contribution in [3.8, 4) is 5.69 Å². The first kappa shape index (κ1) is 43.0. The van der Waals surface area contributed by atoms with Gasteiger partial charge in [0.2, 0.25) is 0 Å². The highest BCUT2D eigenvalue weighted by atomic mass is 32.1.